The van der Waals surface area contributed by atoms with Gasteiger partial charge in [0.1, 0.15) is 6.10 Å². The van der Waals surface area contributed by atoms with Crippen molar-refractivity contribution in [3.8, 4) is 11.3 Å². The fourth-order valence-corrected chi connectivity index (χ4v) is 4.45. The maximum Gasteiger partial charge on any atom is 0.101 e. The topological polar surface area (TPSA) is 49.3 Å². The average Bonchev–Trinajstić information content (AvgIpc) is 3.22. The van der Waals surface area contributed by atoms with Crippen molar-refractivity contribution in [1.82, 2.24) is 14.9 Å². The van der Waals surface area contributed by atoms with Crippen molar-refractivity contribution in [1.29, 1.82) is 0 Å². The van der Waals surface area contributed by atoms with E-state index in [-0.39, 0.29) is 6.04 Å². The highest BCUT2D eigenvalue weighted by Crippen LogP contribution is 2.39. The summed E-state index contributed by atoms with van der Waals surface area (Å²) in [5, 5.41) is 12.6. The fraction of sp³-hybridized carbons (Fsp3) is 0.273. The lowest BCUT2D eigenvalue weighted by Gasteiger charge is -2.32. The first-order valence-electron chi connectivity index (χ1n) is 9.37. The molecular formula is C22H21Cl2N3O. The molecule has 0 spiro atoms. The smallest absolute Gasteiger partial charge is 0.101 e. The Bertz CT molecular complexity index is 925. The molecule has 2 atom stereocenters. The molecule has 144 valence electrons. The molecule has 4 rings (SSSR count). The van der Waals surface area contributed by atoms with Crippen LogP contribution in [0.1, 0.15) is 36.1 Å². The number of rotatable bonds is 5. The summed E-state index contributed by atoms with van der Waals surface area (Å²) in [5.41, 5.74) is 3.23. The highest BCUT2D eigenvalue weighted by molar-refractivity contribution is 6.35. The summed E-state index contributed by atoms with van der Waals surface area (Å²) in [6, 6.07) is 12.8. The fourth-order valence-electron chi connectivity index (χ4n) is 3.92. The van der Waals surface area contributed by atoms with E-state index in [1.165, 1.54) is 0 Å². The van der Waals surface area contributed by atoms with Gasteiger partial charge in [0.05, 0.1) is 11.7 Å². The summed E-state index contributed by atoms with van der Waals surface area (Å²) in [4.78, 5) is 11.1. The number of aliphatic hydroxyl groups is 1. The first-order chi connectivity index (χ1) is 13.6. The van der Waals surface area contributed by atoms with Crippen LogP contribution in [-0.4, -0.2) is 33.1 Å². The van der Waals surface area contributed by atoms with Gasteiger partial charge in [0, 0.05) is 39.8 Å². The number of halogens is 2. The third kappa shape index (κ3) is 4.06. The molecule has 1 aliphatic rings. The summed E-state index contributed by atoms with van der Waals surface area (Å²) in [7, 11) is 0. The van der Waals surface area contributed by atoms with Gasteiger partial charge in [-0.3, -0.25) is 14.9 Å². The molecule has 4 nitrogen and oxygen atoms in total. The zero-order valence-electron chi connectivity index (χ0n) is 15.3. The van der Waals surface area contributed by atoms with E-state index >= 15 is 0 Å². The number of aliphatic hydroxyl groups excluding tert-OH is 1. The molecule has 0 amide bonds. The van der Waals surface area contributed by atoms with Crippen molar-refractivity contribution < 1.29 is 5.11 Å². The van der Waals surface area contributed by atoms with Crippen LogP contribution >= 0.6 is 23.2 Å². The van der Waals surface area contributed by atoms with Crippen molar-refractivity contribution in [2.75, 3.05) is 13.1 Å². The Morgan fingerprint density at radius 1 is 0.964 bits per heavy atom. The standard InChI is InChI=1S/C22H21Cl2N3O/c23-17-11-16(12-18(24)13-17)20-19(6-4-8-26-20)22(28)21(27-9-1-2-10-27)15-5-3-7-25-14-15/h3-8,11-14,21-22,28H,1-2,9-10H2/t21?,22-/m1/s1. The Labute approximate surface area is 174 Å². The highest BCUT2D eigenvalue weighted by Gasteiger charge is 2.32. The molecule has 1 N–H and O–H groups in total. The monoisotopic (exact) mass is 413 g/mol. The quantitative estimate of drug-likeness (QED) is 0.614. The van der Waals surface area contributed by atoms with Crippen LogP contribution in [0.25, 0.3) is 11.3 Å². The molecule has 0 radical (unpaired) electrons. The van der Waals surface area contributed by atoms with Gasteiger partial charge in [0.25, 0.3) is 0 Å². The lowest BCUT2D eigenvalue weighted by molar-refractivity contribution is 0.0607. The summed E-state index contributed by atoms with van der Waals surface area (Å²) in [6.45, 7) is 1.91. The van der Waals surface area contributed by atoms with Crippen molar-refractivity contribution in [3.05, 3.63) is 82.2 Å². The van der Waals surface area contributed by atoms with E-state index in [4.69, 9.17) is 23.2 Å². The van der Waals surface area contributed by atoms with Crippen LogP contribution in [0.3, 0.4) is 0 Å². The van der Waals surface area contributed by atoms with Gasteiger partial charge in [-0.25, -0.2) is 0 Å². The predicted octanol–water partition coefficient (Wildman–Crippen LogP) is 5.32. The van der Waals surface area contributed by atoms with Gasteiger partial charge in [-0.1, -0.05) is 35.3 Å². The van der Waals surface area contributed by atoms with Crippen molar-refractivity contribution >= 4 is 23.2 Å². The number of hydrogen-bond acceptors (Lipinski definition) is 4. The Morgan fingerprint density at radius 2 is 1.68 bits per heavy atom. The van der Waals surface area contributed by atoms with Gasteiger partial charge in [-0.05, 0) is 61.8 Å². The second-order valence-electron chi connectivity index (χ2n) is 7.02. The van der Waals surface area contributed by atoms with Gasteiger partial charge in [-0.15, -0.1) is 0 Å². The molecule has 0 aliphatic carbocycles. The number of likely N-dealkylation sites (tertiary alicyclic amines) is 1. The third-order valence-corrected chi connectivity index (χ3v) is 5.59. The summed E-state index contributed by atoms with van der Waals surface area (Å²) >= 11 is 12.4. The van der Waals surface area contributed by atoms with Gasteiger partial charge in [0.2, 0.25) is 0 Å². The van der Waals surface area contributed by atoms with E-state index in [9.17, 15) is 5.11 Å². The Kier molecular flexibility index (Phi) is 5.93. The van der Waals surface area contributed by atoms with E-state index in [1.54, 1.807) is 18.5 Å². The molecular weight excluding hydrogens is 393 g/mol. The molecule has 1 unspecified atom stereocenters. The minimum atomic E-state index is -0.760. The van der Waals surface area contributed by atoms with E-state index in [0.29, 0.717) is 15.7 Å². The predicted molar refractivity (Wildman–Crippen MR) is 112 cm³/mol. The van der Waals surface area contributed by atoms with Gasteiger partial charge in [0.15, 0.2) is 0 Å². The van der Waals surface area contributed by atoms with E-state index in [2.05, 4.69) is 14.9 Å². The maximum absolute atomic E-state index is 11.5. The minimum Gasteiger partial charge on any atom is -0.386 e. The largest absolute Gasteiger partial charge is 0.386 e. The highest BCUT2D eigenvalue weighted by atomic mass is 35.5. The zero-order valence-corrected chi connectivity index (χ0v) is 16.8. The number of benzene rings is 1. The lowest BCUT2D eigenvalue weighted by atomic mass is 9.92. The van der Waals surface area contributed by atoms with Crippen molar-refractivity contribution in [2.24, 2.45) is 0 Å². The second-order valence-corrected chi connectivity index (χ2v) is 7.89. The number of aromatic nitrogens is 2. The number of hydrogen-bond donors (Lipinski definition) is 1. The third-order valence-electron chi connectivity index (χ3n) is 5.15. The van der Waals surface area contributed by atoms with Crippen LogP contribution in [0.2, 0.25) is 10.0 Å². The minimum absolute atomic E-state index is 0.186. The van der Waals surface area contributed by atoms with Crippen molar-refractivity contribution in [2.45, 2.75) is 25.0 Å². The van der Waals surface area contributed by atoms with E-state index in [1.807, 2.05) is 42.6 Å². The average molecular weight is 414 g/mol. The van der Waals surface area contributed by atoms with Crippen LogP contribution in [0.15, 0.2) is 61.1 Å². The van der Waals surface area contributed by atoms with Crippen LogP contribution in [-0.2, 0) is 0 Å². The maximum atomic E-state index is 11.5. The van der Waals surface area contributed by atoms with Crippen LogP contribution in [0, 0.1) is 0 Å². The normalized spacial score (nSPS) is 16.8. The van der Waals surface area contributed by atoms with E-state index in [0.717, 1.165) is 42.6 Å². The molecule has 1 saturated heterocycles. The molecule has 3 heterocycles. The zero-order chi connectivity index (χ0) is 19.5. The molecule has 0 saturated carbocycles. The number of nitrogens with zero attached hydrogens (tertiary/aromatic N) is 3. The molecule has 1 aliphatic heterocycles. The van der Waals surface area contributed by atoms with Gasteiger partial charge < -0.3 is 5.11 Å². The van der Waals surface area contributed by atoms with E-state index < -0.39 is 6.10 Å². The molecule has 6 heteroatoms. The van der Waals surface area contributed by atoms with Crippen LogP contribution in [0.5, 0.6) is 0 Å². The van der Waals surface area contributed by atoms with Crippen molar-refractivity contribution in [3.63, 3.8) is 0 Å². The Hall–Kier alpha value is -1.98. The molecule has 2 aromatic heterocycles. The second kappa shape index (κ2) is 8.58. The van der Waals surface area contributed by atoms with Crippen LogP contribution < -0.4 is 0 Å². The molecule has 1 fully saturated rings. The summed E-state index contributed by atoms with van der Waals surface area (Å²) in [5.74, 6) is 0. The SMILES string of the molecule is O[C@H](c1cccnc1-c1cc(Cl)cc(Cl)c1)C(c1cccnc1)N1CCCC1. The molecule has 0 bridgehead atoms. The summed E-state index contributed by atoms with van der Waals surface area (Å²) < 4.78 is 0. The molecule has 28 heavy (non-hydrogen) atoms. The first kappa shape index (κ1) is 19.3. The Morgan fingerprint density at radius 3 is 2.36 bits per heavy atom. The lowest BCUT2D eigenvalue weighted by Crippen LogP contribution is -2.31. The van der Waals surface area contributed by atoms with Gasteiger partial charge in [-0.2, -0.15) is 0 Å². The number of pyridine rings is 2. The molecule has 3 aromatic rings. The van der Waals surface area contributed by atoms with Gasteiger partial charge >= 0.3 is 0 Å². The van der Waals surface area contributed by atoms with Crippen LogP contribution in [0.4, 0.5) is 0 Å². The Balaban J connectivity index is 1.78. The summed E-state index contributed by atoms with van der Waals surface area (Å²) in [6.07, 6.45) is 6.80. The molecule has 1 aromatic carbocycles. The first-order valence-corrected chi connectivity index (χ1v) is 10.1.